The maximum Gasteiger partial charge on any atom is 0.262 e. The Morgan fingerprint density at radius 3 is 2.26 bits per heavy atom. The first kappa shape index (κ1) is 18.7. The number of hydrogen-bond acceptors (Lipinski definition) is 5. The van der Waals surface area contributed by atoms with Crippen LogP contribution >= 0.6 is 0 Å². The number of aromatic nitrogens is 1. The van der Waals surface area contributed by atoms with Gasteiger partial charge in [0.1, 0.15) is 11.6 Å². The molecule has 4 saturated carbocycles. The van der Waals surface area contributed by atoms with E-state index in [4.69, 9.17) is 10.5 Å². The van der Waals surface area contributed by atoms with Gasteiger partial charge in [-0.05, 0) is 79.9 Å². The van der Waals surface area contributed by atoms with Crippen molar-refractivity contribution in [2.75, 3.05) is 12.8 Å². The van der Waals surface area contributed by atoms with E-state index in [0.29, 0.717) is 5.69 Å². The minimum Gasteiger partial charge on any atom is -0.496 e. The van der Waals surface area contributed by atoms with Crippen molar-refractivity contribution in [1.29, 1.82) is 0 Å². The zero-order chi connectivity index (χ0) is 21.5. The van der Waals surface area contributed by atoms with Gasteiger partial charge in [0.15, 0.2) is 0 Å². The van der Waals surface area contributed by atoms with Gasteiger partial charge in [0.05, 0.1) is 23.9 Å². The third-order valence-corrected chi connectivity index (χ3v) is 8.00. The minimum atomic E-state index is -0.583. The molecule has 160 valence electrons. The van der Waals surface area contributed by atoms with Gasteiger partial charge in [-0.25, -0.2) is 0 Å². The second kappa shape index (κ2) is 6.22. The molecule has 2 aromatic rings. The average molecular weight is 419 g/mol. The van der Waals surface area contributed by atoms with Crippen molar-refractivity contribution in [3.8, 4) is 11.4 Å². The lowest BCUT2D eigenvalue weighted by atomic mass is 9.48. The number of fused-ring (bicyclic) bond motifs is 1. The molecule has 7 rings (SSSR count). The van der Waals surface area contributed by atoms with Crippen LogP contribution in [0.1, 0.15) is 64.8 Å². The summed E-state index contributed by atoms with van der Waals surface area (Å²) in [5.41, 5.74) is 7.75. The minimum absolute atomic E-state index is 0.00696. The zero-order valence-electron chi connectivity index (χ0n) is 17.4. The number of nitrogen functional groups attached to an aromatic ring is 1. The molecule has 0 spiro atoms. The van der Waals surface area contributed by atoms with Crippen LogP contribution in [0.4, 0.5) is 5.82 Å². The summed E-state index contributed by atoms with van der Waals surface area (Å²) in [5.74, 6) is 1.98. The van der Waals surface area contributed by atoms with E-state index in [1.165, 1.54) is 29.9 Å². The van der Waals surface area contributed by atoms with Crippen molar-refractivity contribution in [1.82, 2.24) is 9.88 Å². The molecular formula is C24H25N3O4. The Morgan fingerprint density at radius 1 is 1.00 bits per heavy atom. The number of methoxy groups -OCH3 is 1. The summed E-state index contributed by atoms with van der Waals surface area (Å²) in [4.78, 5) is 37.1. The fraction of sp³-hybridized carbons (Fsp3) is 0.458. The van der Waals surface area contributed by atoms with Crippen LogP contribution in [0.5, 0.6) is 5.75 Å². The fourth-order valence-corrected chi connectivity index (χ4v) is 7.24. The van der Waals surface area contributed by atoms with Crippen molar-refractivity contribution in [2.24, 2.45) is 17.8 Å². The summed E-state index contributed by atoms with van der Waals surface area (Å²) < 4.78 is 7.10. The molecule has 0 unspecified atom stereocenters. The molecule has 0 radical (unpaired) electrons. The quantitative estimate of drug-likeness (QED) is 0.745. The maximum absolute atomic E-state index is 12.9. The Morgan fingerprint density at radius 2 is 1.65 bits per heavy atom. The van der Waals surface area contributed by atoms with E-state index < -0.39 is 17.4 Å². The highest BCUT2D eigenvalue weighted by atomic mass is 16.5. The molecule has 31 heavy (non-hydrogen) atoms. The van der Waals surface area contributed by atoms with Gasteiger partial charge in [0.25, 0.3) is 17.4 Å². The molecule has 4 aliphatic carbocycles. The van der Waals surface area contributed by atoms with Crippen LogP contribution in [-0.2, 0) is 5.41 Å². The summed E-state index contributed by atoms with van der Waals surface area (Å²) in [6.07, 6.45) is 7.48. The maximum atomic E-state index is 12.9. The number of benzene rings is 1. The molecule has 1 aromatic carbocycles. The molecule has 3 N–H and O–H groups in total. The fourth-order valence-electron chi connectivity index (χ4n) is 7.24. The Labute approximate surface area is 179 Å². The molecule has 7 heteroatoms. The lowest BCUT2D eigenvalue weighted by Gasteiger charge is -2.57. The summed E-state index contributed by atoms with van der Waals surface area (Å²) in [7, 11) is 1.69. The molecule has 0 atom stereocenters. The zero-order valence-corrected chi connectivity index (χ0v) is 17.4. The standard InChI is InChI=1S/C24H25N3O4/c1-31-18-3-2-15(27-19(28)8-16-20(21(27)25)23(30)26-22(16)29)7-17(18)24-9-12-4-13(10-24)6-14(5-12)11-24/h2-3,7-8,12-14H,4-6,9-11,25H2,1H3,(H,26,29,30). The van der Waals surface area contributed by atoms with Crippen LogP contribution in [-0.4, -0.2) is 23.5 Å². The summed E-state index contributed by atoms with van der Waals surface area (Å²) in [6.45, 7) is 0. The number of carbonyl (C=O) groups excluding carboxylic acids is 2. The van der Waals surface area contributed by atoms with Gasteiger partial charge in [-0.2, -0.15) is 0 Å². The Balaban J connectivity index is 1.52. The number of pyridine rings is 1. The molecule has 5 aliphatic rings. The number of rotatable bonds is 3. The number of amides is 2. The largest absolute Gasteiger partial charge is 0.496 e. The van der Waals surface area contributed by atoms with Crippen molar-refractivity contribution in [2.45, 2.75) is 43.9 Å². The molecule has 0 saturated heterocycles. The van der Waals surface area contributed by atoms with E-state index in [9.17, 15) is 14.4 Å². The van der Waals surface area contributed by atoms with E-state index >= 15 is 0 Å². The van der Waals surface area contributed by atoms with E-state index in [-0.39, 0.29) is 22.4 Å². The number of carbonyl (C=O) groups is 2. The molecule has 2 amide bonds. The first-order chi connectivity index (χ1) is 14.9. The monoisotopic (exact) mass is 419 g/mol. The van der Waals surface area contributed by atoms with Crippen LogP contribution in [0.2, 0.25) is 0 Å². The van der Waals surface area contributed by atoms with Gasteiger partial charge >= 0.3 is 0 Å². The highest BCUT2D eigenvalue weighted by Gasteiger charge is 2.52. The number of imide groups is 1. The Hall–Kier alpha value is -3.09. The van der Waals surface area contributed by atoms with Crippen LogP contribution in [0.25, 0.3) is 5.69 Å². The van der Waals surface area contributed by atoms with Gasteiger partial charge in [0, 0.05) is 11.6 Å². The third-order valence-electron chi connectivity index (χ3n) is 8.00. The first-order valence-electron chi connectivity index (χ1n) is 11.0. The third kappa shape index (κ3) is 2.55. The Bertz CT molecular complexity index is 1180. The van der Waals surface area contributed by atoms with Crippen LogP contribution in [0.3, 0.4) is 0 Å². The first-order valence-corrected chi connectivity index (χ1v) is 11.0. The average Bonchev–Trinajstić information content (AvgIpc) is 3.00. The number of nitrogens with two attached hydrogens (primary N) is 1. The lowest BCUT2D eigenvalue weighted by Crippen LogP contribution is -2.48. The van der Waals surface area contributed by atoms with Crippen molar-refractivity contribution in [3.63, 3.8) is 0 Å². The van der Waals surface area contributed by atoms with Crippen molar-refractivity contribution < 1.29 is 14.3 Å². The predicted octanol–water partition coefficient (Wildman–Crippen LogP) is 2.78. The molecule has 7 nitrogen and oxygen atoms in total. The topological polar surface area (TPSA) is 103 Å². The van der Waals surface area contributed by atoms with Crippen LogP contribution < -0.4 is 21.3 Å². The van der Waals surface area contributed by atoms with Gasteiger partial charge in [-0.1, -0.05) is 0 Å². The van der Waals surface area contributed by atoms with E-state index in [2.05, 4.69) is 5.32 Å². The van der Waals surface area contributed by atoms with E-state index in [0.717, 1.165) is 48.3 Å². The van der Waals surface area contributed by atoms with Crippen molar-refractivity contribution in [3.05, 3.63) is 51.3 Å². The smallest absolute Gasteiger partial charge is 0.262 e. The molecule has 4 bridgehead atoms. The SMILES string of the molecule is COc1ccc(-n2c(N)c3c(cc2=O)C(=O)NC3=O)cc1C12CC3CC(CC(C3)C1)C2. The van der Waals surface area contributed by atoms with E-state index in [1.54, 1.807) is 13.2 Å². The molecule has 1 aliphatic heterocycles. The molecule has 2 heterocycles. The summed E-state index contributed by atoms with van der Waals surface area (Å²) in [6, 6.07) is 6.90. The van der Waals surface area contributed by atoms with Gasteiger partial charge in [-0.3, -0.25) is 24.3 Å². The molecule has 1 aromatic heterocycles. The number of hydrogen-bond donors (Lipinski definition) is 2. The second-order valence-electron chi connectivity index (χ2n) is 9.86. The second-order valence-corrected chi connectivity index (χ2v) is 9.86. The van der Waals surface area contributed by atoms with Gasteiger partial charge in [-0.15, -0.1) is 0 Å². The number of ether oxygens (including phenoxy) is 1. The predicted molar refractivity (Wildman–Crippen MR) is 115 cm³/mol. The summed E-state index contributed by atoms with van der Waals surface area (Å²) in [5, 5.41) is 2.22. The number of anilines is 1. The molecule has 4 fully saturated rings. The van der Waals surface area contributed by atoms with Crippen LogP contribution in [0.15, 0.2) is 29.1 Å². The van der Waals surface area contributed by atoms with Crippen LogP contribution in [0, 0.1) is 17.8 Å². The Kier molecular flexibility index (Phi) is 3.74. The normalized spacial score (nSPS) is 30.4. The van der Waals surface area contributed by atoms with E-state index in [1.807, 2.05) is 12.1 Å². The lowest BCUT2D eigenvalue weighted by molar-refractivity contribution is -0.00616. The number of nitrogens with zero attached hydrogens (tertiary/aromatic N) is 1. The van der Waals surface area contributed by atoms with Gasteiger partial charge < -0.3 is 10.5 Å². The highest BCUT2D eigenvalue weighted by Crippen LogP contribution is 2.62. The van der Waals surface area contributed by atoms with Crippen molar-refractivity contribution >= 4 is 17.6 Å². The molecular weight excluding hydrogens is 394 g/mol. The highest BCUT2D eigenvalue weighted by molar-refractivity contribution is 6.23. The summed E-state index contributed by atoms with van der Waals surface area (Å²) >= 11 is 0. The van der Waals surface area contributed by atoms with Gasteiger partial charge in [0.2, 0.25) is 0 Å². The number of nitrogens with one attached hydrogen (secondary N) is 1.